The molecule has 0 spiro atoms. The molecule has 3 aromatic carbocycles. The van der Waals surface area contributed by atoms with Crippen LogP contribution in [-0.4, -0.2) is 19.6 Å². The van der Waals surface area contributed by atoms with Gasteiger partial charge in [0.15, 0.2) is 0 Å². The molecule has 1 saturated heterocycles. The highest BCUT2D eigenvalue weighted by Gasteiger charge is 2.29. The van der Waals surface area contributed by atoms with Gasteiger partial charge in [-0.1, -0.05) is 66.7 Å². The summed E-state index contributed by atoms with van der Waals surface area (Å²) in [4.78, 5) is 2.47. The Labute approximate surface area is 156 Å². The van der Waals surface area contributed by atoms with Crippen LogP contribution in [0.5, 0.6) is 0 Å². The smallest absolute Gasteiger partial charge is 0.0410 e. The second-order valence-corrected chi connectivity index (χ2v) is 7.15. The molecule has 0 aromatic heterocycles. The van der Waals surface area contributed by atoms with Crippen LogP contribution in [0, 0.1) is 11.8 Å². The van der Waals surface area contributed by atoms with Crippen molar-refractivity contribution >= 4 is 11.4 Å². The Morgan fingerprint density at radius 3 is 1.73 bits per heavy atom. The number of benzene rings is 3. The molecule has 4 rings (SSSR count). The van der Waals surface area contributed by atoms with E-state index >= 15 is 0 Å². The van der Waals surface area contributed by atoms with Crippen LogP contribution in [0.15, 0.2) is 91.0 Å². The van der Waals surface area contributed by atoms with Crippen LogP contribution >= 0.6 is 0 Å². The third-order valence-electron chi connectivity index (χ3n) is 5.37. The molecule has 1 aliphatic heterocycles. The Morgan fingerprint density at radius 1 is 0.654 bits per heavy atom. The molecule has 0 bridgehead atoms. The van der Waals surface area contributed by atoms with Gasteiger partial charge < -0.3 is 10.2 Å². The Hall–Kier alpha value is -2.58. The van der Waals surface area contributed by atoms with Crippen LogP contribution in [-0.2, 0) is 6.42 Å². The lowest BCUT2D eigenvalue weighted by molar-refractivity contribution is 0.423. The van der Waals surface area contributed by atoms with Crippen molar-refractivity contribution in [1.82, 2.24) is 5.32 Å². The predicted molar refractivity (Wildman–Crippen MR) is 110 cm³/mol. The molecule has 1 N–H and O–H groups in total. The maximum atomic E-state index is 3.62. The monoisotopic (exact) mass is 342 g/mol. The van der Waals surface area contributed by atoms with Gasteiger partial charge in [0.2, 0.25) is 0 Å². The first kappa shape index (κ1) is 16.9. The maximum absolute atomic E-state index is 3.62. The number of nitrogens with one attached hydrogen (secondary N) is 1. The molecule has 0 radical (unpaired) electrons. The van der Waals surface area contributed by atoms with Crippen LogP contribution in [0.3, 0.4) is 0 Å². The Balaban J connectivity index is 1.55. The van der Waals surface area contributed by atoms with Crippen LogP contribution in [0.1, 0.15) is 5.56 Å². The molecule has 26 heavy (non-hydrogen) atoms. The molecular weight excluding hydrogens is 316 g/mol. The first-order valence-electron chi connectivity index (χ1n) is 9.52. The van der Waals surface area contributed by atoms with Gasteiger partial charge in [-0.2, -0.15) is 0 Å². The van der Waals surface area contributed by atoms with Gasteiger partial charge in [-0.25, -0.2) is 0 Å². The third kappa shape index (κ3) is 3.97. The van der Waals surface area contributed by atoms with E-state index in [0.717, 1.165) is 26.1 Å². The van der Waals surface area contributed by atoms with E-state index in [0.29, 0.717) is 11.8 Å². The van der Waals surface area contributed by atoms with Crippen molar-refractivity contribution < 1.29 is 0 Å². The minimum atomic E-state index is 0.635. The van der Waals surface area contributed by atoms with Gasteiger partial charge in [-0.05, 0) is 61.2 Å². The molecule has 0 aliphatic carbocycles. The average molecular weight is 342 g/mol. The van der Waals surface area contributed by atoms with E-state index in [4.69, 9.17) is 0 Å². The zero-order chi connectivity index (χ0) is 17.6. The lowest BCUT2D eigenvalue weighted by Gasteiger charge is -2.30. The van der Waals surface area contributed by atoms with Crippen molar-refractivity contribution in [3.8, 4) is 0 Å². The van der Waals surface area contributed by atoms with Gasteiger partial charge in [0.25, 0.3) is 0 Å². The van der Waals surface area contributed by atoms with E-state index in [9.17, 15) is 0 Å². The first-order chi connectivity index (χ1) is 12.9. The van der Waals surface area contributed by atoms with Crippen molar-refractivity contribution in [3.05, 3.63) is 96.6 Å². The van der Waals surface area contributed by atoms with Crippen LogP contribution in [0.4, 0.5) is 11.4 Å². The summed E-state index contributed by atoms with van der Waals surface area (Å²) in [6.45, 7) is 3.24. The zero-order valence-corrected chi connectivity index (χ0v) is 15.1. The zero-order valence-electron chi connectivity index (χ0n) is 15.1. The molecule has 2 heteroatoms. The Bertz CT molecular complexity index is 747. The fourth-order valence-electron chi connectivity index (χ4n) is 3.97. The average Bonchev–Trinajstić information content (AvgIpc) is 3.15. The van der Waals surface area contributed by atoms with E-state index in [1.807, 2.05) is 0 Å². The van der Waals surface area contributed by atoms with Crippen molar-refractivity contribution in [2.75, 3.05) is 24.5 Å². The van der Waals surface area contributed by atoms with Gasteiger partial charge >= 0.3 is 0 Å². The highest BCUT2D eigenvalue weighted by atomic mass is 15.1. The SMILES string of the molecule is c1ccc(CC2CNCC2CN(c2ccccc2)c2ccccc2)cc1. The molecule has 3 aromatic rings. The van der Waals surface area contributed by atoms with E-state index in [-0.39, 0.29) is 0 Å². The number of hydrogen-bond donors (Lipinski definition) is 1. The Kier molecular flexibility index (Phi) is 5.32. The highest BCUT2D eigenvalue weighted by molar-refractivity contribution is 5.63. The first-order valence-corrected chi connectivity index (χ1v) is 9.52. The molecule has 132 valence electrons. The van der Waals surface area contributed by atoms with Gasteiger partial charge in [-0.3, -0.25) is 0 Å². The molecule has 1 aliphatic rings. The number of para-hydroxylation sites is 2. The van der Waals surface area contributed by atoms with Gasteiger partial charge in [0.05, 0.1) is 0 Å². The van der Waals surface area contributed by atoms with Crippen molar-refractivity contribution in [2.45, 2.75) is 6.42 Å². The van der Waals surface area contributed by atoms with Crippen molar-refractivity contribution in [3.63, 3.8) is 0 Å². The minimum absolute atomic E-state index is 0.635. The van der Waals surface area contributed by atoms with E-state index < -0.39 is 0 Å². The maximum Gasteiger partial charge on any atom is 0.0410 e. The summed E-state index contributed by atoms with van der Waals surface area (Å²) in [6.07, 6.45) is 1.15. The van der Waals surface area contributed by atoms with Crippen LogP contribution < -0.4 is 10.2 Å². The number of rotatable bonds is 6. The molecule has 2 unspecified atom stereocenters. The van der Waals surface area contributed by atoms with Gasteiger partial charge in [-0.15, -0.1) is 0 Å². The molecule has 1 fully saturated rings. The third-order valence-corrected chi connectivity index (χ3v) is 5.37. The molecular formula is C24H26N2. The minimum Gasteiger partial charge on any atom is -0.341 e. The lowest BCUT2D eigenvalue weighted by Crippen LogP contribution is -2.30. The van der Waals surface area contributed by atoms with Crippen LogP contribution in [0.25, 0.3) is 0 Å². The number of hydrogen-bond acceptors (Lipinski definition) is 2. The summed E-state index contributed by atoms with van der Waals surface area (Å²) in [5.74, 6) is 1.31. The second kappa shape index (κ2) is 8.20. The van der Waals surface area contributed by atoms with Gasteiger partial charge in [0, 0.05) is 17.9 Å². The van der Waals surface area contributed by atoms with Gasteiger partial charge in [0.1, 0.15) is 0 Å². The Morgan fingerprint density at radius 2 is 1.15 bits per heavy atom. The summed E-state index contributed by atoms with van der Waals surface area (Å²) in [5.41, 5.74) is 3.98. The van der Waals surface area contributed by atoms with Crippen molar-refractivity contribution in [1.29, 1.82) is 0 Å². The quantitative estimate of drug-likeness (QED) is 0.685. The fraction of sp³-hybridized carbons (Fsp3) is 0.250. The summed E-state index contributed by atoms with van der Waals surface area (Å²) in [5, 5.41) is 3.62. The predicted octanol–water partition coefficient (Wildman–Crippen LogP) is 4.90. The molecule has 0 amide bonds. The number of anilines is 2. The fourth-order valence-corrected chi connectivity index (χ4v) is 3.97. The second-order valence-electron chi connectivity index (χ2n) is 7.15. The highest BCUT2D eigenvalue weighted by Crippen LogP contribution is 2.30. The van der Waals surface area contributed by atoms with E-state index in [1.165, 1.54) is 16.9 Å². The summed E-state index contributed by atoms with van der Waals surface area (Å²) in [6, 6.07) is 32.4. The summed E-state index contributed by atoms with van der Waals surface area (Å²) in [7, 11) is 0. The number of nitrogens with zero attached hydrogens (tertiary/aromatic N) is 1. The standard InChI is InChI=1S/C24H26N2/c1-4-10-20(11-5-1)16-21-17-25-18-22(21)19-26(23-12-6-2-7-13-23)24-14-8-3-9-15-24/h1-15,21-22,25H,16-19H2. The van der Waals surface area contributed by atoms with E-state index in [2.05, 4.69) is 101 Å². The van der Waals surface area contributed by atoms with E-state index in [1.54, 1.807) is 0 Å². The summed E-state index contributed by atoms with van der Waals surface area (Å²) >= 11 is 0. The van der Waals surface area contributed by atoms with Crippen LogP contribution in [0.2, 0.25) is 0 Å². The topological polar surface area (TPSA) is 15.3 Å². The molecule has 0 saturated carbocycles. The lowest BCUT2D eigenvalue weighted by atomic mass is 9.89. The molecule has 2 nitrogen and oxygen atoms in total. The normalized spacial score (nSPS) is 19.4. The molecule has 1 heterocycles. The van der Waals surface area contributed by atoms with Crippen molar-refractivity contribution in [2.24, 2.45) is 11.8 Å². The largest absolute Gasteiger partial charge is 0.341 e. The summed E-state index contributed by atoms with van der Waals surface area (Å²) < 4.78 is 0. The molecule has 2 atom stereocenters.